The Morgan fingerprint density at radius 3 is 2.21 bits per heavy atom. The molecule has 1 aromatic heterocycles. The van der Waals surface area contributed by atoms with E-state index in [1.807, 2.05) is 0 Å². The SMILES string of the molecule is CC(C)c1ccc(C(Nc2nc(N(C)C)[nH]c(=O)c2C(=N)CO)C(C)C)cc1. The number of H-pyrrole nitrogens is 1. The zero-order valence-electron chi connectivity index (χ0n) is 17.5. The average Bonchev–Trinajstić information content (AvgIpc) is 2.64. The molecule has 0 aliphatic carbocycles. The summed E-state index contributed by atoms with van der Waals surface area (Å²) in [6.45, 7) is 7.96. The van der Waals surface area contributed by atoms with Crippen molar-refractivity contribution >= 4 is 17.5 Å². The molecule has 152 valence electrons. The standard InChI is InChI=1S/C21H31N5O2/c1-12(2)14-7-9-15(10-8-14)18(13(3)4)23-19-17(16(22)11-27)20(28)25-21(24-19)26(5)6/h7-10,12-13,18,22,27H,11H2,1-6H3,(H2,23,24,25,28). The molecule has 2 rings (SSSR count). The minimum Gasteiger partial charge on any atom is -0.390 e. The van der Waals surface area contributed by atoms with Gasteiger partial charge in [0.05, 0.1) is 18.4 Å². The second-order valence-corrected chi connectivity index (χ2v) is 7.83. The van der Waals surface area contributed by atoms with Gasteiger partial charge < -0.3 is 20.7 Å². The van der Waals surface area contributed by atoms with Crippen LogP contribution in [0.25, 0.3) is 0 Å². The summed E-state index contributed by atoms with van der Waals surface area (Å²) in [6.07, 6.45) is 0. The molecule has 0 amide bonds. The van der Waals surface area contributed by atoms with Crippen LogP contribution in [0.3, 0.4) is 0 Å². The van der Waals surface area contributed by atoms with Crippen LogP contribution in [0, 0.1) is 11.3 Å². The van der Waals surface area contributed by atoms with Crippen LogP contribution in [0.2, 0.25) is 0 Å². The van der Waals surface area contributed by atoms with Crippen LogP contribution < -0.4 is 15.8 Å². The van der Waals surface area contributed by atoms with Crippen molar-refractivity contribution in [2.24, 2.45) is 5.92 Å². The Bertz CT molecular complexity index is 869. The lowest BCUT2D eigenvalue weighted by atomic mass is 9.93. The molecule has 0 fully saturated rings. The maximum absolute atomic E-state index is 12.6. The average molecular weight is 386 g/mol. The zero-order chi connectivity index (χ0) is 21.0. The lowest BCUT2D eigenvalue weighted by molar-refractivity contribution is 0.357. The van der Waals surface area contributed by atoms with Crippen molar-refractivity contribution < 1.29 is 5.11 Å². The molecule has 1 atom stereocenters. The number of nitrogens with zero attached hydrogens (tertiary/aromatic N) is 2. The van der Waals surface area contributed by atoms with Crippen molar-refractivity contribution in [2.75, 3.05) is 30.9 Å². The predicted octanol–water partition coefficient (Wildman–Crippen LogP) is 3.13. The van der Waals surface area contributed by atoms with Crippen LogP contribution in [0.5, 0.6) is 0 Å². The number of aromatic amines is 1. The molecule has 7 nitrogen and oxygen atoms in total. The van der Waals surface area contributed by atoms with Gasteiger partial charge in [0.2, 0.25) is 5.95 Å². The summed E-state index contributed by atoms with van der Waals surface area (Å²) in [5.41, 5.74) is 1.79. The summed E-state index contributed by atoms with van der Waals surface area (Å²) >= 11 is 0. The molecule has 0 bridgehead atoms. The third-order valence-corrected chi connectivity index (χ3v) is 4.71. The Labute approximate surface area is 166 Å². The number of aliphatic hydroxyl groups is 1. The first kappa shape index (κ1) is 21.6. The number of hydrogen-bond acceptors (Lipinski definition) is 6. The first-order valence-corrected chi connectivity index (χ1v) is 9.52. The Morgan fingerprint density at radius 2 is 1.75 bits per heavy atom. The van der Waals surface area contributed by atoms with Gasteiger partial charge in [-0.25, -0.2) is 0 Å². The van der Waals surface area contributed by atoms with Gasteiger partial charge in [-0.15, -0.1) is 0 Å². The molecule has 0 spiro atoms. The molecule has 4 N–H and O–H groups in total. The molecule has 0 saturated carbocycles. The summed E-state index contributed by atoms with van der Waals surface area (Å²) in [4.78, 5) is 21.4. The monoisotopic (exact) mass is 385 g/mol. The molecule has 0 radical (unpaired) electrons. The number of anilines is 2. The second kappa shape index (κ2) is 9.01. The second-order valence-electron chi connectivity index (χ2n) is 7.83. The number of benzene rings is 1. The molecule has 28 heavy (non-hydrogen) atoms. The lowest BCUT2D eigenvalue weighted by Gasteiger charge is -2.26. The Kier molecular flexibility index (Phi) is 6.96. The molecule has 0 aliphatic rings. The van der Waals surface area contributed by atoms with Crippen LogP contribution in [0.4, 0.5) is 11.8 Å². The zero-order valence-corrected chi connectivity index (χ0v) is 17.5. The predicted molar refractivity (Wildman–Crippen MR) is 115 cm³/mol. The van der Waals surface area contributed by atoms with Crippen LogP contribution >= 0.6 is 0 Å². The molecule has 0 saturated heterocycles. The van der Waals surface area contributed by atoms with Crippen LogP contribution in [0.1, 0.15) is 56.3 Å². The first-order chi connectivity index (χ1) is 13.1. The van der Waals surface area contributed by atoms with Gasteiger partial charge in [0.1, 0.15) is 11.4 Å². The van der Waals surface area contributed by atoms with Crippen molar-refractivity contribution in [1.29, 1.82) is 5.41 Å². The maximum Gasteiger partial charge on any atom is 0.263 e. The largest absolute Gasteiger partial charge is 0.390 e. The lowest BCUT2D eigenvalue weighted by Crippen LogP contribution is -2.29. The van der Waals surface area contributed by atoms with E-state index in [9.17, 15) is 9.90 Å². The van der Waals surface area contributed by atoms with Gasteiger partial charge in [-0.2, -0.15) is 4.98 Å². The smallest absolute Gasteiger partial charge is 0.263 e. The topological polar surface area (TPSA) is 105 Å². The maximum atomic E-state index is 12.6. The summed E-state index contributed by atoms with van der Waals surface area (Å²) in [6, 6.07) is 8.30. The molecule has 0 aliphatic heterocycles. The number of nitrogens with one attached hydrogen (secondary N) is 3. The molecule has 7 heteroatoms. The summed E-state index contributed by atoms with van der Waals surface area (Å²) in [5, 5.41) is 20.8. The molecule has 2 aromatic rings. The number of rotatable bonds is 8. The fourth-order valence-electron chi connectivity index (χ4n) is 3.01. The Balaban J connectivity index is 2.51. The van der Waals surface area contributed by atoms with Gasteiger partial charge in [0, 0.05) is 14.1 Å². The highest BCUT2D eigenvalue weighted by atomic mass is 16.3. The van der Waals surface area contributed by atoms with Gasteiger partial charge in [0.25, 0.3) is 5.56 Å². The highest BCUT2D eigenvalue weighted by Gasteiger charge is 2.22. The molecular formula is C21H31N5O2. The third kappa shape index (κ3) is 4.78. The van der Waals surface area contributed by atoms with Gasteiger partial charge in [0.15, 0.2) is 0 Å². The van der Waals surface area contributed by atoms with Gasteiger partial charge in [-0.3, -0.25) is 9.78 Å². The van der Waals surface area contributed by atoms with Crippen molar-refractivity contribution in [3.8, 4) is 0 Å². The van der Waals surface area contributed by atoms with E-state index in [2.05, 4.69) is 67.2 Å². The Morgan fingerprint density at radius 1 is 1.18 bits per heavy atom. The molecule has 1 heterocycles. The van der Waals surface area contributed by atoms with Crippen molar-refractivity contribution in [3.63, 3.8) is 0 Å². The Hall–Kier alpha value is -2.67. The minimum absolute atomic E-state index is 0.0672. The number of hydrogen-bond donors (Lipinski definition) is 4. The van der Waals surface area contributed by atoms with E-state index in [-0.39, 0.29) is 23.2 Å². The molecule has 1 unspecified atom stereocenters. The van der Waals surface area contributed by atoms with Gasteiger partial charge in [-0.1, -0.05) is 52.0 Å². The first-order valence-electron chi connectivity index (χ1n) is 9.52. The van der Waals surface area contributed by atoms with Gasteiger partial charge in [-0.05, 0) is 23.0 Å². The summed E-state index contributed by atoms with van der Waals surface area (Å²) in [5.74, 6) is 1.36. The van der Waals surface area contributed by atoms with Crippen molar-refractivity contribution in [1.82, 2.24) is 9.97 Å². The minimum atomic E-state index is -0.532. The van der Waals surface area contributed by atoms with E-state index < -0.39 is 12.2 Å². The van der Waals surface area contributed by atoms with E-state index >= 15 is 0 Å². The van der Waals surface area contributed by atoms with E-state index in [1.165, 1.54) is 5.56 Å². The number of aromatic nitrogens is 2. The van der Waals surface area contributed by atoms with E-state index in [1.54, 1.807) is 19.0 Å². The highest BCUT2D eigenvalue weighted by Crippen LogP contribution is 2.28. The van der Waals surface area contributed by atoms with E-state index in [4.69, 9.17) is 5.41 Å². The molecule has 1 aromatic carbocycles. The fourth-order valence-corrected chi connectivity index (χ4v) is 3.01. The van der Waals surface area contributed by atoms with E-state index in [0.29, 0.717) is 17.7 Å². The van der Waals surface area contributed by atoms with E-state index in [0.717, 1.165) is 5.56 Å². The van der Waals surface area contributed by atoms with Crippen LogP contribution in [0.15, 0.2) is 29.1 Å². The normalized spacial score (nSPS) is 12.3. The van der Waals surface area contributed by atoms with Crippen molar-refractivity contribution in [2.45, 2.75) is 39.7 Å². The van der Waals surface area contributed by atoms with Crippen LogP contribution in [-0.2, 0) is 0 Å². The molecular weight excluding hydrogens is 354 g/mol. The quantitative estimate of drug-likeness (QED) is 0.523. The highest BCUT2D eigenvalue weighted by molar-refractivity contribution is 6.02. The number of aliphatic hydroxyl groups excluding tert-OH is 1. The fraction of sp³-hybridized carbons (Fsp3) is 0.476. The van der Waals surface area contributed by atoms with Crippen LogP contribution in [-0.4, -0.2) is 41.5 Å². The van der Waals surface area contributed by atoms with Crippen molar-refractivity contribution in [3.05, 3.63) is 51.3 Å². The van der Waals surface area contributed by atoms with Gasteiger partial charge >= 0.3 is 0 Å². The summed E-state index contributed by atoms with van der Waals surface area (Å²) in [7, 11) is 3.56. The summed E-state index contributed by atoms with van der Waals surface area (Å²) < 4.78 is 0. The third-order valence-electron chi connectivity index (χ3n) is 4.71.